The SMILES string of the molecule is Cc1ccccc1C(=O)N(C)C(C)CN.Cl. The van der Waals surface area contributed by atoms with Crippen LogP contribution in [0.5, 0.6) is 0 Å². The van der Waals surface area contributed by atoms with Crippen LogP contribution in [-0.2, 0) is 0 Å². The molecule has 1 aromatic rings. The van der Waals surface area contributed by atoms with Crippen molar-refractivity contribution in [2.24, 2.45) is 5.73 Å². The zero-order chi connectivity index (χ0) is 11.4. The number of amides is 1. The summed E-state index contributed by atoms with van der Waals surface area (Å²) in [5.41, 5.74) is 7.28. The maximum Gasteiger partial charge on any atom is 0.254 e. The van der Waals surface area contributed by atoms with Crippen LogP contribution in [0.4, 0.5) is 0 Å². The Morgan fingerprint density at radius 2 is 2.00 bits per heavy atom. The largest absolute Gasteiger partial charge is 0.338 e. The van der Waals surface area contributed by atoms with Crippen molar-refractivity contribution in [1.82, 2.24) is 4.90 Å². The molecule has 0 aliphatic carbocycles. The van der Waals surface area contributed by atoms with Gasteiger partial charge in [0.2, 0.25) is 0 Å². The molecular formula is C12H19ClN2O. The molecule has 0 aliphatic heterocycles. The predicted molar refractivity (Wildman–Crippen MR) is 69.0 cm³/mol. The molecular weight excluding hydrogens is 224 g/mol. The fourth-order valence-corrected chi connectivity index (χ4v) is 1.36. The molecule has 90 valence electrons. The Labute approximate surface area is 103 Å². The molecule has 1 unspecified atom stereocenters. The molecule has 2 N–H and O–H groups in total. The summed E-state index contributed by atoms with van der Waals surface area (Å²) in [6.45, 7) is 4.36. The molecule has 1 rings (SSSR count). The molecule has 0 spiro atoms. The molecule has 0 bridgehead atoms. The minimum atomic E-state index is 0. The average molecular weight is 243 g/mol. The van der Waals surface area contributed by atoms with E-state index in [0.717, 1.165) is 11.1 Å². The van der Waals surface area contributed by atoms with E-state index >= 15 is 0 Å². The van der Waals surface area contributed by atoms with Gasteiger partial charge in [-0.2, -0.15) is 0 Å². The highest BCUT2D eigenvalue weighted by atomic mass is 35.5. The Morgan fingerprint density at radius 3 is 2.50 bits per heavy atom. The van der Waals surface area contributed by atoms with E-state index in [0.29, 0.717) is 6.54 Å². The predicted octanol–water partition coefficient (Wildman–Crippen LogP) is 1.84. The van der Waals surface area contributed by atoms with E-state index in [-0.39, 0.29) is 24.4 Å². The van der Waals surface area contributed by atoms with Crippen LogP contribution in [0.1, 0.15) is 22.8 Å². The summed E-state index contributed by atoms with van der Waals surface area (Å²) in [6.07, 6.45) is 0. The van der Waals surface area contributed by atoms with Gasteiger partial charge < -0.3 is 10.6 Å². The van der Waals surface area contributed by atoms with Crippen molar-refractivity contribution >= 4 is 18.3 Å². The number of halogens is 1. The minimum Gasteiger partial charge on any atom is -0.338 e. The van der Waals surface area contributed by atoms with Crippen LogP contribution in [0.25, 0.3) is 0 Å². The third-order valence-corrected chi connectivity index (χ3v) is 2.70. The van der Waals surface area contributed by atoms with Gasteiger partial charge in [0.1, 0.15) is 0 Å². The van der Waals surface area contributed by atoms with Crippen molar-refractivity contribution in [3.63, 3.8) is 0 Å². The van der Waals surface area contributed by atoms with Crippen LogP contribution in [-0.4, -0.2) is 30.4 Å². The summed E-state index contributed by atoms with van der Waals surface area (Å²) in [5.74, 6) is 0.0334. The topological polar surface area (TPSA) is 46.3 Å². The maximum atomic E-state index is 12.0. The van der Waals surface area contributed by atoms with Crippen LogP contribution >= 0.6 is 12.4 Å². The summed E-state index contributed by atoms with van der Waals surface area (Å²) in [5, 5.41) is 0. The molecule has 0 heterocycles. The molecule has 3 nitrogen and oxygen atoms in total. The number of benzene rings is 1. The first-order valence-electron chi connectivity index (χ1n) is 5.10. The van der Waals surface area contributed by atoms with Crippen molar-refractivity contribution in [1.29, 1.82) is 0 Å². The van der Waals surface area contributed by atoms with Crippen LogP contribution in [0.3, 0.4) is 0 Å². The van der Waals surface area contributed by atoms with Crippen LogP contribution in [0.2, 0.25) is 0 Å². The van der Waals surface area contributed by atoms with Crippen molar-refractivity contribution in [2.75, 3.05) is 13.6 Å². The Hall–Kier alpha value is -1.06. The lowest BCUT2D eigenvalue weighted by Crippen LogP contribution is -2.39. The number of aryl methyl sites for hydroxylation is 1. The molecule has 0 saturated heterocycles. The van der Waals surface area contributed by atoms with Gasteiger partial charge in [0.15, 0.2) is 0 Å². The number of hydrogen-bond donors (Lipinski definition) is 1. The lowest BCUT2D eigenvalue weighted by molar-refractivity contribution is 0.0747. The van der Waals surface area contributed by atoms with Gasteiger partial charge in [-0.1, -0.05) is 18.2 Å². The molecule has 1 aromatic carbocycles. The zero-order valence-corrected chi connectivity index (χ0v) is 10.8. The minimum absolute atomic E-state index is 0. The molecule has 16 heavy (non-hydrogen) atoms. The standard InChI is InChI=1S/C12H18N2O.ClH/c1-9-6-4-5-7-11(9)12(15)14(3)10(2)8-13;/h4-7,10H,8,13H2,1-3H3;1H. The second kappa shape index (κ2) is 6.51. The summed E-state index contributed by atoms with van der Waals surface area (Å²) < 4.78 is 0. The molecule has 0 aromatic heterocycles. The second-order valence-electron chi connectivity index (χ2n) is 3.82. The highest BCUT2D eigenvalue weighted by Gasteiger charge is 2.17. The number of nitrogens with zero attached hydrogens (tertiary/aromatic N) is 1. The van der Waals surface area contributed by atoms with Crippen molar-refractivity contribution in [3.8, 4) is 0 Å². The fraction of sp³-hybridized carbons (Fsp3) is 0.417. The van der Waals surface area contributed by atoms with Gasteiger partial charge in [-0.25, -0.2) is 0 Å². The third kappa shape index (κ3) is 3.22. The van der Waals surface area contributed by atoms with Gasteiger partial charge in [0.05, 0.1) is 0 Å². The average Bonchev–Trinajstić information content (AvgIpc) is 2.26. The highest BCUT2D eigenvalue weighted by molar-refractivity contribution is 5.95. The van der Waals surface area contributed by atoms with E-state index in [9.17, 15) is 4.79 Å². The number of nitrogens with two attached hydrogens (primary N) is 1. The van der Waals surface area contributed by atoms with Crippen LogP contribution in [0.15, 0.2) is 24.3 Å². The van der Waals surface area contributed by atoms with Gasteiger partial charge in [-0.3, -0.25) is 4.79 Å². The number of carbonyl (C=O) groups is 1. The lowest BCUT2D eigenvalue weighted by atomic mass is 10.1. The number of carbonyl (C=O) groups excluding carboxylic acids is 1. The van der Waals surface area contributed by atoms with E-state index in [2.05, 4.69) is 0 Å². The van der Waals surface area contributed by atoms with E-state index in [1.54, 1.807) is 11.9 Å². The smallest absolute Gasteiger partial charge is 0.254 e. The lowest BCUT2D eigenvalue weighted by Gasteiger charge is -2.24. The first kappa shape index (κ1) is 14.9. The van der Waals surface area contributed by atoms with E-state index in [4.69, 9.17) is 5.73 Å². The molecule has 1 atom stereocenters. The Bertz CT molecular complexity index is 355. The molecule has 4 heteroatoms. The number of likely N-dealkylation sites (N-methyl/N-ethyl adjacent to an activating group) is 1. The van der Waals surface area contributed by atoms with Crippen LogP contribution in [0, 0.1) is 6.92 Å². The first-order chi connectivity index (χ1) is 7.07. The Kier molecular flexibility index (Phi) is 6.08. The summed E-state index contributed by atoms with van der Waals surface area (Å²) in [4.78, 5) is 13.7. The molecule has 1 amide bonds. The van der Waals surface area contributed by atoms with Crippen molar-refractivity contribution in [3.05, 3.63) is 35.4 Å². The molecule has 0 saturated carbocycles. The zero-order valence-electron chi connectivity index (χ0n) is 9.93. The highest BCUT2D eigenvalue weighted by Crippen LogP contribution is 2.10. The maximum absolute atomic E-state index is 12.0. The molecule has 0 radical (unpaired) electrons. The van der Waals surface area contributed by atoms with Gasteiger partial charge in [-0.15, -0.1) is 12.4 Å². The number of rotatable bonds is 3. The van der Waals surface area contributed by atoms with E-state index < -0.39 is 0 Å². The van der Waals surface area contributed by atoms with E-state index in [1.807, 2.05) is 38.1 Å². The van der Waals surface area contributed by atoms with Gasteiger partial charge >= 0.3 is 0 Å². The Balaban J connectivity index is 0.00000225. The van der Waals surface area contributed by atoms with E-state index in [1.165, 1.54) is 0 Å². The summed E-state index contributed by atoms with van der Waals surface area (Å²) >= 11 is 0. The Morgan fingerprint density at radius 1 is 1.44 bits per heavy atom. The van der Waals surface area contributed by atoms with Crippen molar-refractivity contribution < 1.29 is 4.79 Å². The molecule has 0 aliphatic rings. The quantitative estimate of drug-likeness (QED) is 0.879. The number of hydrogen-bond acceptors (Lipinski definition) is 2. The van der Waals surface area contributed by atoms with Gasteiger partial charge in [0.25, 0.3) is 5.91 Å². The monoisotopic (exact) mass is 242 g/mol. The fourth-order valence-electron chi connectivity index (χ4n) is 1.36. The second-order valence-corrected chi connectivity index (χ2v) is 3.82. The third-order valence-electron chi connectivity index (χ3n) is 2.70. The van der Waals surface area contributed by atoms with Gasteiger partial charge in [-0.05, 0) is 25.5 Å². The molecule has 0 fully saturated rings. The van der Waals surface area contributed by atoms with Gasteiger partial charge in [0, 0.05) is 25.2 Å². The summed E-state index contributed by atoms with van der Waals surface area (Å²) in [7, 11) is 1.78. The van der Waals surface area contributed by atoms with Crippen LogP contribution < -0.4 is 5.73 Å². The normalized spacial score (nSPS) is 11.5. The first-order valence-corrected chi connectivity index (χ1v) is 5.10. The summed E-state index contributed by atoms with van der Waals surface area (Å²) in [6, 6.07) is 7.66. The van der Waals surface area contributed by atoms with Crippen molar-refractivity contribution in [2.45, 2.75) is 19.9 Å².